The van der Waals surface area contributed by atoms with E-state index in [4.69, 9.17) is 4.74 Å². The second-order valence-corrected chi connectivity index (χ2v) is 5.06. The molecule has 0 aliphatic rings. The average molecular weight is 235 g/mol. The van der Waals surface area contributed by atoms with Gasteiger partial charge in [0, 0.05) is 19.2 Å². The Morgan fingerprint density at radius 2 is 2.00 bits per heavy atom. The average Bonchev–Trinajstić information content (AvgIpc) is 2.28. The van der Waals surface area contributed by atoms with Crippen molar-refractivity contribution in [2.75, 3.05) is 19.8 Å². The summed E-state index contributed by atoms with van der Waals surface area (Å²) in [5.74, 6) is 0.615. The summed E-state index contributed by atoms with van der Waals surface area (Å²) in [4.78, 5) is 0. The molecule has 96 valence electrons. The minimum atomic E-state index is 0.387. The van der Waals surface area contributed by atoms with Gasteiger partial charge >= 0.3 is 0 Å². The quantitative estimate of drug-likeness (QED) is 0.732. The van der Waals surface area contributed by atoms with Crippen molar-refractivity contribution in [1.82, 2.24) is 5.32 Å². The number of hydrogen-bond donors (Lipinski definition) is 1. The van der Waals surface area contributed by atoms with E-state index >= 15 is 0 Å². The number of hydrogen-bond acceptors (Lipinski definition) is 2. The molecule has 0 saturated heterocycles. The second kappa shape index (κ2) is 7.46. The highest BCUT2D eigenvalue weighted by Gasteiger charge is 2.03. The van der Waals surface area contributed by atoms with Gasteiger partial charge in [0.05, 0.1) is 6.61 Å². The van der Waals surface area contributed by atoms with Crippen LogP contribution in [0.5, 0.6) is 0 Å². The third-order valence-electron chi connectivity index (χ3n) is 2.69. The van der Waals surface area contributed by atoms with E-state index in [0.717, 1.165) is 19.8 Å². The molecule has 0 radical (unpaired) electrons. The standard InChI is InChI=1S/C15H25NO/c1-12(2)11-17-9-8-16-14(4)15-7-5-6-13(3)10-15/h5-7,10,12,14,16H,8-9,11H2,1-4H3/t14-/m1/s1. The summed E-state index contributed by atoms with van der Waals surface area (Å²) in [5.41, 5.74) is 2.65. The lowest BCUT2D eigenvalue weighted by Crippen LogP contribution is -2.24. The zero-order valence-electron chi connectivity index (χ0n) is 11.5. The van der Waals surface area contributed by atoms with Gasteiger partial charge < -0.3 is 10.1 Å². The zero-order chi connectivity index (χ0) is 12.7. The molecule has 0 fully saturated rings. The fraction of sp³-hybridized carbons (Fsp3) is 0.600. The van der Waals surface area contributed by atoms with Crippen LogP contribution in [0.4, 0.5) is 0 Å². The van der Waals surface area contributed by atoms with Gasteiger partial charge in [0.2, 0.25) is 0 Å². The molecule has 0 spiro atoms. The number of benzene rings is 1. The first-order valence-electron chi connectivity index (χ1n) is 6.47. The van der Waals surface area contributed by atoms with Gasteiger partial charge in [-0.1, -0.05) is 43.7 Å². The van der Waals surface area contributed by atoms with Gasteiger partial charge in [-0.3, -0.25) is 0 Å². The smallest absolute Gasteiger partial charge is 0.0591 e. The Bertz CT molecular complexity index is 322. The van der Waals surface area contributed by atoms with Gasteiger partial charge in [-0.15, -0.1) is 0 Å². The molecular weight excluding hydrogens is 210 g/mol. The Labute approximate surface area is 105 Å². The largest absolute Gasteiger partial charge is 0.380 e. The van der Waals surface area contributed by atoms with E-state index in [1.54, 1.807) is 0 Å². The third kappa shape index (κ3) is 5.85. The molecule has 0 saturated carbocycles. The highest BCUT2D eigenvalue weighted by molar-refractivity contribution is 5.24. The van der Waals surface area contributed by atoms with Crippen LogP contribution in [0, 0.1) is 12.8 Å². The first kappa shape index (κ1) is 14.2. The molecule has 1 N–H and O–H groups in total. The van der Waals surface area contributed by atoms with Crippen LogP contribution in [0.2, 0.25) is 0 Å². The van der Waals surface area contributed by atoms with Crippen LogP contribution in [0.3, 0.4) is 0 Å². The molecule has 1 aromatic carbocycles. The van der Waals surface area contributed by atoms with Gasteiger partial charge in [-0.25, -0.2) is 0 Å². The van der Waals surface area contributed by atoms with Gasteiger partial charge in [-0.05, 0) is 25.3 Å². The lowest BCUT2D eigenvalue weighted by atomic mass is 10.1. The maximum Gasteiger partial charge on any atom is 0.0591 e. The topological polar surface area (TPSA) is 21.3 Å². The molecule has 0 aliphatic heterocycles. The fourth-order valence-electron chi connectivity index (χ4n) is 1.72. The van der Waals surface area contributed by atoms with E-state index in [1.165, 1.54) is 11.1 Å². The third-order valence-corrected chi connectivity index (χ3v) is 2.69. The molecule has 0 aliphatic carbocycles. The van der Waals surface area contributed by atoms with Crippen LogP contribution in [-0.4, -0.2) is 19.8 Å². The molecule has 0 aromatic heterocycles. The number of ether oxygens (including phenoxy) is 1. The Kier molecular flexibility index (Phi) is 6.23. The van der Waals surface area contributed by atoms with E-state index in [-0.39, 0.29) is 0 Å². The van der Waals surface area contributed by atoms with E-state index in [1.807, 2.05) is 0 Å². The molecule has 0 heterocycles. The van der Waals surface area contributed by atoms with E-state index in [9.17, 15) is 0 Å². The first-order chi connectivity index (χ1) is 8.09. The first-order valence-corrected chi connectivity index (χ1v) is 6.47. The number of aryl methyl sites for hydroxylation is 1. The molecule has 17 heavy (non-hydrogen) atoms. The van der Waals surface area contributed by atoms with Crippen LogP contribution in [0.25, 0.3) is 0 Å². The molecule has 0 bridgehead atoms. The van der Waals surface area contributed by atoms with Gasteiger partial charge in [0.1, 0.15) is 0 Å². The van der Waals surface area contributed by atoms with Crippen molar-refractivity contribution in [3.05, 3.63) is 35.4 Å². The summed E-state index contributed by atoms with van der Waals surface area (Å²) in [5, 5.41) is 3.47. The molecular formula is C15H25NO. The molecule has 0 amide bonds. The molecule has 0 unspecified atom stereocenters. The Balaban J connectivity index is 2.23. The van der Waals surface area contributed by atoms with Gasteiger partial charge in [-0.2, -0.15) is 0 Å². The highest BCUT2D eigenvalue weighted by Crippen LogP contribution is 2.13. The summed E-state index contributed by atoms with van der Waals surface area (Å²) in [6, 6.07) is 9.02. The summed E-state index contributed by atoms with van der Waals surface area (Å²) < 4.78 is 5.54. The molecule has 1 aromatic rings. The summed E-state index contributed by atoms with van der Waals surface area (Å²) in [6.45, 7) is 11.2. The van der Waals surface area contributed by atoms with Crippen LogP contribution in [-0.2, 0) is 4.74 Å². The summed E-state index contributed by atoms with van der Waals surface area (Å²) in [7, 11) is 0. The van der Waals surface area contributed by atoms with Crippen molar-refractivity contribution in [3.8, 4) is 0 Å². The molecule has 2 nitrogen and oxygen atoms in total. The van der Waals surface area contributed by atoms with E-state index < -0.39 is 0 Å². The van der Waals surface area contributed by atoms with Gasteiger partial charge in [0.25, 0.3) is 0 Å². The highest BCUT2D eigenvalue weighted by atomic mass is 16.5. The van der Waals surface area contributed by atoms with Crippen molar-refractivity contribution in [1.29, 1.82) is 0 Å². The number of rotatable bonds is 7. The van der Waals surface area contributed by atoms with Crippen LogP contribution < -0.4 is 5.32 Å². The minimum absolute atomic E-state index is 0.387. The maximum absolute atomic E-state index is 5.54. The normalized spacial score (nSPS) is 13.0. The van der Waals surface area contributed by atoms with Gasteiger partial charge in [0.15, 0.2) is 0 Å². The predicted octanol–water partition coefficient (Wildman–Crippen LogP) is 3.32. The second-order valence-electron chi connectivity index (χ2n) is 5.06. The van der Waals surface area contributed by atoms with Crippen molar-refractivity contribution >= 4 is 0 Å². The Morgan fingerprint density at radius 1 is 1.24 bits per heavy atom. The monoisotopic (exact) mass is 235 g/mol. The Hall–Kier alpha value is -0.860. The lowest BCUT2D eigenvalue weighted by Gasteiger charge is -2.15. The van der Waals surface area contributed by atoms with E-state index in [0.29, 0.717) is 12.0 Å². The van der Waals surface area contributed by atoms with Crippen molar-refractivity contribution in [2.24, 2.45) is 5.92 Å². The fourth-order valence-corrected chi connectivity index (χ4v) is 1.72. The summed E-state index contributed by atoms with van der Waals surface area (Å²) in [6.07, 6.45) is 0. The van der Waals surface area contributed by atoms with Crippen LogP contribution in [0.1, 0.15) is 37.9 Å². The maximum atomic E-state index is 5.54. The zero-order valence-corrected chi connectivity index (χ0v) is 11.5. The predicted molar refractivity (Wildman–Crippen MR) is 73.3 cm³/mol. The van der Waals surface area contributed by atoms with Crippen molar-refractivity contribution in [3.63, 3.8) is 0 Å². The SMILES string of the molecule is Cc1cccc([C@@H](C)NCCOCC(C)C)c1. The number of nitrogens with one attached hydrogen (secondary N) is 1. The van der Waals surface area contributed by atoms with Crippen LogP contribution >= 0.6 is 0 Å². The van der Waals surface area contributed by atoms with Crippen molar-refractivity contribution < 1.29 is 4.74 Å². The molecule has 2 heteroatoms. The minimum Gasteiger partial charge on any atom is -0.380 e. The molecule has 1 rings (SSSR count). The lowest BCUT2D eigenvalue weighted by molar-refractivity contribution is 0.110. The molecule has 1 atom stereocenters. The summed E-state index contributed by atoms with van der Waals surface area (Å²) >= 11 is 0. The Morgan fingerprint density at radius 3 is 2.65 bits per heavy atom. The van der Waals surface area contributed by atoms with Crippen LogP contribution in [0.15, 0.2) is 24.3 Å². The van der Waals surface area contributed by atoms with E-state index in [2.05, 4.69) is 57.3 Å². The van der Waals surface area contributed by atoms with Crippen molar-refractivity contribution in [2.45, 2.75) is 33.7 Å².